The largest absolute Gasteiger partial charge is 0.500 e. The van der Waals surface area contributed by atoms with E-state index < -0.39 is 28.3 Å². The molecule has 1 aliphatic heterocycles. The Balaban J connectivity index is 1.93. The topological polar surface area (TPSA) is 86.8 Å². The molecule has 150 valence electrons. The average Bonchev–Trinajstić information content (AvgIpc) is 2.76. The Morgan fingerprint density at radius 2 is 1.74 bits per heavy atom. The van der Waals surface area contributed by atoms with Gasteiger partial charge in [-0.1, -0.05) is 6.42 Å². The van der Waals surface area contributed by atoms with Crippen molar-refractivity contribution in [3.05, 3.63) is 12.3 Å². The lowest BCUT2D eigenvalue weighted by Gasteiger charge is -2.32. The van der Waals surface area contributed by atoms with Crippen molar-refractivity contribution in [1.82, 2.24) is 4.98 Å². The molecule has 1 saturated carbocycles. The highest BCUT2D eigenvalue weighted by atomic mass is 32.2. The molecule has 0 radical (unpaired) electrons. The lowest BCUT2D eigenvalue weighted by atomic mass is 9.79. The van der Waals surface area contributed by atoms with Gasteiger partial charge in [-0.2, -0.15) is 0 Å². The Morgan fingerprint density at radius 1 is 1.15 bits per heavy atom. The van der Waals surface area contributed by atoms with Gasteiger partial charge >= 0.3 is 7.12 Å². The molecule has 0 unspecified atom stereocenters. The van der Waals surface area contributed by atoms with E-state index in [2.05, 4.69) is 9.71 Å². The Kier molecular flexibility index (Phi) is 5.49. The fourth-order valence-electron chi connectivity index (χ4n) is 3.32. The van der Waals surface area contributed by atoms with Crippen molar-refractivity contribution in [2.45, 2.75) is 77.1 Å². The number of pyridine rings is 1. The molecule has 0 bridgehead atoms. The van der Waals surface area contributed by atoms with E-state index in [0.29, 0.717) is 17.0 Å². The molecule has 0 amide bonds. The summed E-state index contributed by atoms with van der Waals surface area (Å²) in [5.41, 5.74) is -0.0637. The van der Waals surface area contributed by atoms with Gasteiger partial charge in [0, 0.05) is 5.46 Å². The zero-order valence-electron chi connectivity index (χ0n) is 16.7. The molecule has 1 aromatic heterocycles. The third-order valence-corrected chi connectivity index (χ3v) is 6.13. The molecule has 7 nitrogen and oxygen atoms in total. The summed E-state index contributed by atoms with van der Waals surface area (Å²) in [4.78, 5) is 4.39. The van der Waals surface area contributed by atoms with Crippen LogP contribution >= 0.6 is 0 Å². The molecule has 1 aliphatic carbocycles. The van der Waals surface area contributed by atoms with Gasteiger partial charge in [-0.3, -0.25) is 4.72 Å². The first-order chi connectivity index (χ1) is 12.5. The van der Waals surface area contributed by atoms with Gasteiger partial charge in [-0.15, -0.1) is 0 Å². The summed E-state index contributed by atoms with van der Waals surface area (Å²) in [6.07, 6.45) is 8.19. The molecule has 1 N–H and O–H groups in total. The van der Waals surface area contributed by atoms with E-state index in [1.807, 2.05) is 27.7 Å². The number of anilines is 1. The van der Waals surface area contributed by atoms with E-state index in [1.165, 1.54) is 12.6 Å². The highest BCUT2D eigenvalue weighted by Crippen LogP contribution is 2.37. The third-order valence-electron chi connectivity index (χ3n) is 5.52. The SMILES string of the molecule is CC1(C)OB(c2cc(NS(C)(=O)=O)cnc2OC2CCCCC2)OC1(C)C. The maximum Gasteiger partial charge on any atom is 0.500 e. The number of nitrogens with zero attached hydrogens (tertiary/aromatic N) is 1. The first-order valence-corrected chi connectivity index (χ1v) is 11.4. The standard InChI is InChI=1S/C18H29BN2O5S/c1-17(2)18(3,4)26-19(25-17)15-11-13(21-27(5,22)23)12-20-16(15)24-14-9-7-6-8-10-14/h11-12,14,21H,6-10H2,1-5H3. The van der Waals surface area contributed by atoms with Crippen molar-refractivity contribution >= 4 is 28.3 Å². The maximum atomic E-state index is 11.6. The molecule has 2 fully saturated rings. The summed E-state index contributed by atoms with van der Waals surface area (Å²) in [5, 5.41) is 0. The van der Waals surface area contributed by atoms with Crippen LogP contribution in [-0.2, 0) is 19.3 Å². The van der Waals surface area contributed by atoms with Crippen LogP contribution in [0.4, 0.5) is 5.69 Å². The van der Waals surface area contributed by atoms with Crippen LogP contribution in [0, 0.1) is 0 Å². The van der Waals surface area contributed by atoms with Crippen LogP contribution in [0.1, 0.15) is 59.8 Å². The number of sulfonamides is 1. The highest BCUT2D eigenvalue weighted by Gasteiger charge is 2.53. The van der Waals surface area contributed by atoms with Crippen LogP contribution in [0.2, 0.25) is 0 Å². The van der Waals surface area contributed by atoms with E-state index in [4.69, 9.17) is 14.0 Å². The summed E-state index contributed by atoms with van der Waals surface area (Å²) in [6.45, 7) is 7.89. The molecule has 9 heteroatoms. The summed E-state index contributed by atoms with van der Waals surface area (Å²) in [6, 6.07) is 1.69. The van der Waals surface area contributed by atoms with Crippen molar-refractivity contribution in [1.29, 1.82) is 0 Å². The average molecular weight is 396 g/mol. The Bertz CT molecular complexity index is 775. The number of ether oxygens (including phenoxy) is 1. The highest BCUT2D eigenvalue weighted by molar-refractivity contribution is 7.92. The maximum absolute atomic E-state index is 11.6. The number of hydrogen-bond acceptors (Lipinski definition) is 6. The number of hydrogen-bond donors (Lipinski definition) is 1. The molecule has 2 aliphatic rings. The zero-order chi connectivity index (χ0) is 19.9. The molecule has 2 heterocycles. The second kappa shape index (κ2) is 7.26. The fraction of sp³-hybridized carbons (Fsp3) is 0.722. The van der Waals surface area contributed by atoms with Gasteiger partial charge < -0.3 is 14.0 Å². The summed E-state index contributed by atoms with van der Waals surface area (Å²) in [5.74, 6) is 0.444. The monoisotopic (exact) mass is 396 g/mol. The predicted octanol–water partition coefficient (Wildman–Crippen LogP) is 2.46. The quantitative estimate of drug-likeness (QED) is 0.770. The summed E-state index contributed by atoms with van der Waals surface area (Å²) in [7, 11) is -4.09. The third kappa shape index (κ3) is 4.76. The van der Waals surface area contributed by atoms with E-state index in [9.17, 15) is 8.42 Å². The number of rotatable bonds is 5. The van der Waals surface area contributed by atoms with Crippen molar-refractivity contribution in [3.63, 3.8) is 0 Å². The Hall–Kier alpha value is -1.32. The molecule has 1 aromatic rings. The first kappa shape index (κ1) is 20.4. The lowest BCUT2D eigenvalue weighted by Crippen LogP contribution is -2.41. The van der Waals surface area contributed by atoms with E-state index in [1.54, 1.807) is 6.07 Å². The summed E-state index contributed by atoms with van der Waals surface area (Å²) >= 11 is 0. The molecular formula is C18H29BN2O5S. The van der Waals surface area contributed by atoms with Crippen molar-refractivity contribution < 1.29 is 22.5 Å². The minimum atomic E-state index is -3.42. The van der Waals surface area contributed by atoms with Gasteiger partial charge in [0.2, 0.25) is 15.9 Å². The second-order valence-corrected chi connectivity index (χ2v) is 10.2. The minimum Gasteiger partial charge on any atom is -0.475 e. The van der Waals surface area contributed by atoms with Crippen molar-refractivity contribution in [2.24, 2.45) is 0 Å². The fourth-order valence-corrected chi connectivity index (χ4v) is 3.86. The molecular weight excluding hydrogens is 367 g/mol. The van der Waals surface area contributed by atoms with Crippen molar-refractivity contribution in [3.8, 4) is 5.88 Å². The van der Waals surface area contributed by atoms with Gasteiger partial charge in [-0.05, 0) is 59.4 Å². The molecule has 3 rings (SSSR count). The van der Waals surface area contributed by atoms with Gasteiger partial charge in [-0.25, -0.2) is 13.4 Å². The Morgan fingerprint density at radius 3 is 2.30 bits per heavy atom. The van der Waals surface area contributed by atoms with Gasteiger partial charge in [0.15, 0.2) is 0 Å². The van der Waals surface area contributed by atoms with Crippen LogP contribution in [0.25, 0.3) is 0 Å². The summed E-state index contributed by atoms with van der Waals surface area (Å²) < 4.78 is 44.1. The lowest BCUT2D eigenvalue weighted by molar-refractivity contribution is 0.00578. The second-order valence-electron chi connectivity index (χ2n) is 8.46. The minimum absolute atomic E-state index is 0.112. The number of nitrogens with one attached hydrogen (secondary N) is 1. The van der Waals surface area contributed by atoms with E-state index >= 15 is 0 Å². The normalized spacial score (nSPS) is 22.6. The van der Waals surface area contributed by atoms with E-state index in [0.717, 1.165) is 31.9 Å². The van der Waals surface area contributed by atoms with Gasteiger partial charge in [0.25, 0.3) is 0 Å². The Labute approximate surface area is 162 Å². The van der Waals surface area contributed by atoms with E-state index in [-0.39, 0.29) is 6.10 Å². The first-order valence-electron chi connectivity index (χ1n) is 9.47. The van der Waals surface area contributed by atoms with Crippen LogP contribution in [0.3, 0.4) is 0 Å². The van der Waals surface area contributed by atoms with Crippen LogP contribution in [0.15, 0.2) is 12.3 Å². The van der Waals surface area contributed by atoms with Crippen molar-refractivity contribution in [2.75, 3.05) is 11.0 Å². The smallest absolute Gasteiger partial charge is 0.475 e. The van der Waals surface area contributed by atoms with Crippen LogP contribution < -0.4 is 14.9 Å². The molecule has 0 atom stereocenters. The van der Waals surface area contributed by atoms with Gasteiger partial charge in [0.05, 0.1) is 29.3 Å². The zero-order valence-corrected chi connectivity index (χ0v) is 17.6. The van der Waals surface area contributed by atoms with Gasteiger partial charge in [0.1, 0.15) is 6.10 Å². The predicted molar refractivity (Wildman–Crippen MR) is 106 cm³/mol. The molecule has 0 spiro atoms. The number of aromatic nitrogens is 1. The van der Waals surface area contributed by atoms with Crippen LogP contribution in [-0.4, -0.2) is 44.1 Å². The molecule has 0 aromatic carbocycles. The molecule has 27 heavy (non-hydrogen) atoms. The molecule has 1 saturated heterocycles. The van der Waals surface area contributed by atoms with Crippen LogP contribution in [0.5, 0.6) is 5.88 Å².